The topological polar surface area (TPSA) is 88.5 Å². The van der Waals surface area contributed by atoms with Gasteiger partial charge in [0.1, 0.15) is 0 Å². The van der Waals surface area contributed by atoms with Crippen LogP contribution in [-0.4, -0.2) is 36.6 Å². The summed E-state index contributed by atoms with van der Waals surface area (Å²) >= 11 is 3.01. The van der Waals surface area contributed by atoms with Crippen molar-refractivity contribution in [3.05, 3.63) is 28.9 Å². The van der Waals surface area contributed by atoms with Crippen molar-refractivity contribution in [2.75, 3.05) is 11.1 Å². The number of H-pyrrole nitrogens is 1. The van der Waals surface area contributed by atoms with E-state index in [-0.39, 0.29) is 11.7 Å². The Morgan fingerprint density at radius 3 is 2.88 bits per heavy atom. The van der Waals surface area contributed by atoms with E-state index in [9.17, 15) is 4.79 Å². The average Bonchev–Trinajstić information content (AvgIpc) is 3.28. The third kappa shape index (κ3) is 3.36. The average molecular weight is 362 g/mol. The number of nitrogens with one attached hydrogen (secondary N) is 2. The molecule has 2 N–H and O–H groups in total. The molecule has 7 nitrogen and oxygen atoms in total. The van der Waals surface area contributed by atoms with Gasteiger partial charge in [0.2, 0.25) is 5.91 Å². The van der Waals surface area contributed by atoms with Gasteiger partial charge in [0.05, 0.1) is 27.7 Å². The van der Waals surface area contributed by atoms with Gasteiger partial charge in [0.25, 0.3) is 0 Å². The van der Waals surface area contributed by atoms with E-state index in [1.807, 2.05) is 42.9 Å². The molecule has 0 bridgehead atoms. The number of rotatable bonds is 6. The highest BCUT2D eigenvalue weighted by Gasteiger charge is 2.16. The van der Waals surface area contributed by atoms with Crippen LogP contribution in [0.3, 0.4) is 0 Å². The smallest absolute Gasteiger partial charge is 0.234 e. The van der Waals surface area contributed by atoms with Crippen LogP contribution in [-0.2, 0) is 11.3 Å². The Bertz CT molecular complexity index is 817. The monoisotopic (exact) mass is 362 g/mol. The minimum absolute atomic E-state index is 0.0871. The van der Waals surface area contributed by atoms with Gasteiger partial charge >= 0.3 is 0 Å². The minimum atomic E-state index is -0.0871. The van der Waals surface area contributed by atoms with Gasteiger partial charge in [-0.15, -0.1) is 21.5 Å². The van der Waals surface area contributed by atoms with Crippen molar-refractivity contribution >= 4 is 34.7 Å². The summed E-state index contributed by atoms with van der Waals surface area (Å²) in [5.74, 6) is 1.03. The van der Waals surface area contributed by atoms with Gasteiger partial charge in [-0.25, -0.2) is 0 Å². The highest BCUT2D eigenvalue weighted by molar-refractivity contribution is 7.99. The number of anilines is 1. The molecule has 3 heterocycles. The van der Waals surface area contributed by atoms with Crippen molar-refractivity contribution < 1.29 is 4.79 Å². The Kier molecular flexibility index (Phi) is 5.00. The second-order valence-corrected chi connectivity index (χ2v) is 7.06. The number of hydrogen-bond donors (Lipinski definition) is 2. The summed E-state index contributed by atoms with van der Waals surface area (Å²) in [5.41, 5.74) is 2.38. The maximum atomic E-state index is 12.2. The molecule has 24 heavy (non-hydrogen) atoms. The van der Waals surface area contributed by atoms with Crippen molar-refractivity contribution in [1.82, 2.24) is 25.0 Å². The van der Waals surface area contributed by atoms with E-state index < -0.39 is 0 Å². The van der Waals surface area contributed by atoms with Gasteiger partial charge < -0.3 is 9.88 Å². The number of thioether (sulfide) groups is 1. The molecule has 3 aromatic rings. The van der Waals surface area contributed by atoms with E-state index in [4.69, 9.17) is 0 Å². The maximum Gasteiger partial charge on any atom is 0.234 e. The summed E-state index contributed by atoms with van der Waals surface area (Å²) in [5, 5.41) is 21.1. The Morgan fingerprint density at radius 2 is 2.25 bits per heavy atom. The van der Waals surface area contributed by atoms with Crippen LogP contribution in [0.1, 0.15) is 18.3 Å². The summed E-state index contributed by atoms with van der Waals surface area (Å²) in [4.78, 5) is 13.3. The predicted molar refractivity (Wildman–Crippen MR) is 96.4 cm³/mol. The number of thiophene rings is 1. The lowest BCUT2D eigenvalue weighted by molar-refractivity contribution is -0.113. The molecule has 0 saturated carbocycles. The molecule has 0 aromatic carbocycles. The molecule has 126 valence electrons. The molecule has 0 aliphatic heterocycles. The van der Waals surface area contributed by atoms with E-state index in [1.54, 1.807) is 11.3 Å². The molecular formula is C15H18N6OS2. The first-order valence-electron chi connectivity index (χ1n) is 7.51. The van der Waals surface area contributed by atoms with Crippen molar-refractivity contribution in [2.24, 2.45) is 0 Å². The maximum absolute atomic E-state index is 12.2. The van der Waals surface area contributed by atoms with Crippen LogP contribution in [0.5, 0.6) is 0 Å². The minimum Gasteiger partial charge on any atom is -0.322 e. The van der Waals surface area contributed by atoms with E-state index >= 15 is 0 Å². The first-order chi connectivity index (χ1) is 11.6. The lowest BCUT2D eigenvalue weighted by Crippen LogP contribution is -2.15. The van der Waals surface area contributed by atoms with E-state index in [0.29, 0.717) is 0 Å². The van der Waals surface area contributed by atoms with E-state index in [1.165, 1.54) is 11.8 Å². The van der Waals surface area contributed by atoms with Crippen molar-refractivity contribution in [3.63, 3.8) is 0 Å². The lowest BCUT2D eigenvalue weighted by atomic mass is 10.3. The van der Waals surface area contributed by atoms with Gasteiger partial charge in [-0.2, -0.15) is 5.10 Å². The Morgan fingerprint density at radius 1 is 1.42 bits per heavy atom. The van der Waals surface area contributed by atoms with Gasteiger partial charge in [0, 0.05) is 6.54 Å². The number of carbonyl (C=O) groups is 1. The van der Waals surface area contributed by atoms with Crippen LogP contribution in [0.4, 0.5) is 5.69 Å². The lowest BCUT2D eigenvalue weighted by Gasteiger charge is -2.07. The normalized spacial score (nSPS) is 11.0. The summed E-state index contributed by atoms with van der Waals surface area (Å²) in [6.07, 6.45) is 0. The van der Waals surface area contributed by atoms with Crippen LogP contribution in [0.2, 0.25) is 0 Å². The van der Waals surface area contributed by atoms with Crippen molar-refractivity contribution in [2.45, 2.75) is 32.5 Å². The van der Waals surface area contributed by atoms with Gasteiger partial charge in [0.15, 0.2) is 11.0 Å². The molecule has 3 rings (SSSR count). The SMILES string of the molecule is CCn1c(SCC(=O)Nc2c(C)n[nH]c2C)nnc1-c1cccs1. The Hall–Kier alpha value is -2.13. The molecule has 0 aliphatic carbocycles. The van der Waals surface area contributed by atoms with Crippen LogP contribution in [0, 0.1) is 13.8 Å². The fraction of sp³-hybridized carbons (Fsp3) is 0.333. The molecule has 0 saturated heterocycles. The van der Waals surface area contributed by atoms with Crippen molar-refractivity contribution in [3.8, 4) is 10.7 Å². The van der Waals surface area contributed by atoms with Crippen LogP contribution < -0.4 is 5.32 Å². The first kappa shape index (κ1) is 16.7. The summed E-state index contributed by atoms with van der Waals surface area (Å²) in [7, 11) is 0. The summed E-state index contributed by atoms with van der Waals surface area (Å²) < 4.78 is 2.03. The number of nitrogens with zero attached hydrogens (tertiary/aromatic N) is 4. The zero-order chi connectivity index (χ0) is 17.1. The third-order valence-electron chi connectivity index (χ3n) is 3.50. The molecule has 0 atom stereocenters. The highest BCUT2D eigenvalue weighted by Crippen LogP contribution is 2.27. The zero-order valence-corrected chi connectivity index (χ0v) is 15.3. The third-order valence-corrected chi connectivity index (χ3v) is 5.33. The number of amides is 1. The highest BCUT2D eigenvalue weighted by atomic mass is 32.2. The standard InChI is InChI=1S/C15H18N6OS2/c1-4-21-14(11-6-5-7-23-11)19-20-15(21)24-8-12(22)16-13-9(2)17-18-10(13)3/h5-7H,4,8H2,1-3H3,(H,16,22)(H,17,18). The van der Waals surface area contributed by atoms with E-state index in [0.717, 1.165) is 39.5 Å². The summed E-state index contributed by atoms with van der Waals surface area (Å²) in [6.45, 7) is 6.53. The predicted octanol–water partition coefficient (Wildman–Crippen LogP) is 3.10. The number of aryl methyl sites for hydroxylation is 2. The van der Waals surface area contributed by atoms with Crippen LogP contribution >= 0.6 is 23.1 Å². The second kappa shape index (κ2) is 7.18. The quantitative estimate of drug-likeness (QED) is 0.658. The second-order valence-electron chi connectivity index (χ2n) is 5.17. The molecular weight excluding hydrogens is 344 g/mol. The Labute approximate surface area is 147 Å². The van der Waals surface area contributed by atoms with Gasteiger partial charge in [-0.1, -0.05) is 17.8 Å². The van der Waals surface area contributed by atoms with Crippen LogP contribution in [0.25, 0.3) is 10.7 Å². The fourth-order valence-electron chi connectivity index (χ4n) is 2.31. The van der Waals surface area contributed by atoms with Crippen molar-refractivity contribution in [1.29, 1.82) is 0 Å². The molecule has 0 aliphatic rings. The fourth-order valence-corrected chi connectivity index (χ4v) is 3.83. The number of carbonyl (C=O) groups excluding carboxylic acids is 1. The largest absolute Gasteiger partial charge is 0.322 e. The Balaban J connectivity index is 1.68. The zero-order valence-electron chi connectivity index (χ0n) is 13.7. The number of aromatic amines is 1. The number of hydrogen-bond acceptors (Lipinski definition) is 6. The molecule has 1 amide bonds. The van der Waals surface area contributed by atoms with E-state index in [2.05, 4.69) is 25.7 Å². The molecule has 0 unspecified atom stereocenters. The molecule has 3 aromatic heterocycles. The van der Waals surface area contributed by atoms with Gasteiger partial charge in [-0.05, 0) is 32.2 Å². The molecule has 0 spiro atoms. The summed E-state index contributed by atoms with van der Waals surface area (Å²) in [6, 6.07) is 4.01. The molecule has 0 radical (unpaired) electrons. The number of aromatic nitrogens is 5. The molecule has 0 fully saturated rings. The molecule has 9 heteroatoms. The van der Waals surface area contributed by atoms with Gasteiger partial charge in [-0.3, -0.25) is 9.89 Å². The first-order valence-corrected chi connectivity index (χ1v) is 9.38. The van der Waals surface area contributed by atoms with Crippen LogP contribution in [0.15, 0.2) is 22.7 Å².